The molecule has 1 aromatic heterocycles. The first-order valence-corrected chi connectivity index (χ1v) is 7.60. The van der Waals surface area contributed by atoms with Crippen molar-refractivity contribution in [1.82, 2.24) is 10.3 Å². The van der Waals surface area contributed by atoms with Crippen LogP contribution in [0.25, 0.3) is 0 Å². The number of alkyl halides is 3. The minimum atomic E-state index is -4.33. The summed E-state index contributed by atoms with van der Waals surface area (Å²) < 4.78 is 37.9. The van der Waals surface area contributed by atoms with Crippen molar-refractivity contribution in [2.75, 3.05) is 6.54 Å². The second-order valence-electron chi connectivity index (χ2n) is 5.00. The van der Waals surface area contributed by atoms with Gasteiger partial charge < -0.3 is 5.32 Å². The monoisotopic (exact) mass is 292 g/mol. The largest absolute Gasteiger partial charge is 0.443 e. The van der Waals surface area contributed by atoms with Crippen LogP contribution in [0.4, 0.5) is 13.2 Å². The molecule has 0 bridgehead atoms. The van der Waals surface area contributed by atoms with Crippen LogP contribution in [0.1, 0.15) is 55.0 Å². The van der Waals surface area contributed by atoms with Crippen LogP contribution in [0.15, 0.2) is 6.20 Å². The fraction of sp³-hybridized carbons (Fsp3) is 0.769. The highest BCUT2D eigenvalue weighted by molar-refractivity contribution is 7.11. The van der Waals surface area contributed by atoms with Crippen LogP contribution < -0.4 is 5.32 Å². The number of thiazole rings is 1. The Morgan fingerprint density at radius 1 is 1.37 bits per heavy atom. The predicted molar refractivity (Wildman–Crippen MR) is 70.1 cm³/mol. The van der Waals surface area contributed by atoms with E-state index in [0.29, 0.717) is 5.92 Å². The number of nitrogens with one attached hydrogen (secondary N) is 1. The van der Waals surface area contributed by atoms with Crippen molar-refractivity contribution in [3.8, 4) is 0 Å². The Labute approximate surface area is 115 Å². The molecule has 0 radical (unpaired) electrons. The van der Waals surface area contributed by atoms with E-state index >= 15 is 0 Å². The SMILES string of the molecule is CCNC(c1cnc(C(F)(F)F)s1)C1CCCCC1. The van der Waals surface area contributed by atoms with Crippen LogP contribution in [-0.4, -0.2) is 11.5 Å². The molecule has 1 aliphatic carbocycles. The van der Waals surface area contributed by atoms with Gasteiger partial charge in [-0.15, -0.1) is 11.3 Å². The molecular weight excluding hydrogens is 273 g/mol. The quantitative estimate of drug-likeness (QED) is 0.890. The van der Waals surface area contributed by atoms with E-state index in [0.717, 1.165) is 35.6 Å². The highest BCUT2D eigenvalue weighted by Crippen LogP contribution is 2.39. The molecule has 1 fully saturated rings. The molecule has 1 aliphatic rings. The van der Waals surface area contributed by atoms with Crippen molar-refractivity contribution in [3.05, 3.63) is 16.1 Å². The highest BCUT2D eigenvalue weighted by atomic mass is 32.1. The topological polar surface area (TPSA) is 24.9 Å². The van der Waals surface area contributed by atoms with E-state index < -0.39 is 11.2 Å². The molecule has 1 heterocycles. The minimum absolute atomic E-state index is 0.0268. The Bertz CT molecular complexity index is 397. The zero-order chi connectivity index (χ0) is 13.9. The number of aromatic nitrogens is 1. The van der Waals surface area contributed by atoms with E-state index in [4.69, 9.17) is 0 Å². The van der Waals surface area contributed by atoms with Gasteiger partial charge in [-0.25, -0.2) is 4.98 Å². The summed E-state index contributed by atoms with van der Waals surface area (Å²) in [6.07, 6.45) is 2.86. The molecule has 6 heteroatoms. The molecule has 2 nitrogen and oxygen atoms in total. The van der Waals surface area contributed by atoms with Crippen LogP contribution in [0.5, 0.6) is 0 Å². The standard InChI is InChI=1S/C13H19F3N2S/c1-2-17-11(9-6-4-3-5-7-9)10-8-18-12(19-10)13(14,15)16/h8-9,11,17H,2-7H2,1H3. The van der Waals surface area contributed by atoms with Crippen molar-refractivity contribution in [2.24, 2.45) is 5.92 Å². The Kier molecular flexibility index (Phi) is 4.84. The third-order valence-corrected chi connectivity index (χ3v) is 4.74. The predicted octanol–water partition coefficient (Wildman–Crippen LogP) is 4.39. The Morgan fingerprint density at radius 2 is 2.05 bits per heavy atom. The van der Waals surface area contributed by atoms with Crippen molar-refractivity contribution in [2.45, 2.75) is 51.2 Å². The van der Waals surface area contributed by atoms with Gasteiger partial charge in [-0.05, 0) is 25.3 Å². The molecule has 108 valence electrons. The molecule has 19 heavy (non-hydrogen) atoms. The van der Waals surface area contributed by atoms with Crippen molar-refractivity contribution in [1.29, 1.82) is 0 Å². The third-order valence-electron chi connectivity index (χ3n) is 3.62. The molecule has 0 amide bonds. The number of nitrogens with zero attached hydrogens (tertiary/aromatic N) is 1. The van der Waals surface area contributed by atoms with Gasteiger partial charge in [0.05, 0.1) is 0 Å². The summed E-state index contributed by atoms with van der Waals surface area (Å²) in [5.41, 5.74) is 0. The van der Waals surface area contributed by atoms with Crippen LogP contribution in [0, 0.1) is 5.92 Å². The van der Waals surface area contributed by atoms with Gasteiger partial charge in [-0.2, -0.15) is 13.2 Å². The van der Waals surface area contributed by atoms with Gasteiger partial charge in [0, 0.05) is 17.1 Å². The van der Waals surface area contributed by atoms with E-state index in [-0.39, 0.29) is 6.04 Å². The average Bonchev–Trinajstić information content (AvgIpc) is 2.86. The average molecular weight is 292 g/mol. The normalized spacial score (nSPS) is 19.6. The van der Waals surface area contributed by atoms with Crippen LogP contribution in [0.3, 0.4) is 0 Å². The van der Waals surface area contributed by atoms with Crippen LogP contribution >= 0.6 is 11.3 Å². The molecule has 1 atom stereocenters. The van der Waals surface area contributed by atoms with E-state index in [9.17, 15) is 13.2 Å². The smallest absolute Gasteiger partial charge is 0.309 e. The fourth-order valence-electron chi connectivity index (χ4n) is 2.75. The first-order valence-electron chi connectivity index (χ1n) is 6.78. The summed E-state index contributed by atoms with van der Waals surface area (Å²) >= 11 is 0.783. The second-order valence-corrected chi connectivity index (χ2v) is 6.06. The number of halogens is 3. The summed E-state index contributed by atoms with van der Waals surface area (Å²) in [6.45, 7) is 2.75. The van der Waals surface area contributed by atoms with Gasteiger partial charge in [0.1, 0.15) is 0 Å². The lowest BCUT2D eigenvalue weighted by atomic mass is 9.83. The van der Waals surface area contributed by atoms with Crippen molar-refractivity contribution >= 4 is 11.3 Å². The Hall–Kier alpha value is -0.620. The maximum absolute atomic E-state index is 12.6. The fourth-order valence-corrected chi connectivity index (χ4v) is 3.70. The van der Waals surface area contributed by atoms with Gasteiger partial charge in [0.2, 0.25) is 0 Å². The third kappa shape index (κ3) is 3.69. The van der Waals surface area contributed by atoms with Crippen molar-refractivity contribution < 1.29 is 13.2 Å². The molecule has 0 spiro atoms. The first kappa shape index (κ1) is 14.8. The molecule has 0 aliphatic heterocycles. The summed E-state index contributed by atoms with van der Waals surface area (Å²) in [7, 11) is 0. The maximum atomic E-state index is 12.6. The van der Waals surface area contributed by atoms with Crippen LogP contribution in [-0.2, 0) is 6.18 Å². The molecule has 2 rings (SSSR count). The highest BCUT2D eigenvalue weighted by Gasteiger charge is 2.36. The van der Waals surface area contributed by atoms with Crippen LogP contribution in [0.2, 0.25) is 0 Å². The first-order chi connectivity index (χ1) is 9.02. The molecule has 1 saturated carbocycles. The van der Waals surface area contributed by atoms with Gasteiger partial charge in [0.15, 0.2) is 5.01 Å². The Morgan fingerprint density at radius 3 is 2.58 bits per heavy atom. The summed E-state index contributed by atoms with van der Waals surface area (Å²) in [5, 5.41) is 2.60. The van der Waals surface area contributed by atoms with Gasteiger partial charge in [0.25, 0.3) is 0 Å². The minimum Gasteiger partial charge on any atom is -0.309 e. The van der Waals surface area contributed by atoms with Gasteiger partial charge in [-0.1, -0.05) is 26.2 Å². The van der Waals surface area contributed by atoms with E-state index in [2.05, 4.69) is 10.3 Å². The lowest BCUT2D eigenvalue weighted by Gasteiger charge is -2.30. The molecule has 1 unspecified atom stereocenters. The summed E-state index contributed by atoms with van der Waals surface area (Å²) in [4.78, 5) is 4.26. The van der Waals surface area contributed by atoms with E-state index in [1.807, 2.05) is 6.92 Å². The van der Waals surface area contributed by atoms with E-state index in [1.165, 1.54) is 25.5 Å². The van der Waals surface area contributed by atoms with Gasteiger partial charge in [-0.3, -0.25) is 0 Å². The molecule has 0 aromatic carbocycles. The Balaban J connectivity index is 2.16. The molecular formula is C13H19F3N2S. The number of rotatable bonds is 4. The lowest BCUT2D eigenvalue weighted by molar-refractivity contribution is -0.137. The number of hydrogen-bond acceptors (Lipinski definition) is 3. The summed E-state index contributed by atoms with van der Waals surface area (Å²) in [5.74, 6) is 0.440. The maximum Gasteiger partial charge on any atom is 0.443 e. The molecule has 0 saturated heterocycles. The zero-order valence-corrected chi connectivity index (χ0v) is 11.8. The van der Waals surface area contributed by atoms with Gasteiger partial charge >= 0.3 is 6.18 Å². The van der Waals surface area contributed by atoms with Crippen molar-refractivity contribution in [3.63, 3.8) is 0 Å². The number of hydrogen-bond donors (Lipinski definition) is 1. The summed E-state index contributed by atoms with van der Waals surface area (Å²) in [6, 6.07) is 0.0268. The second kappa shape index (κ2) is 6.22. The molecule has 1 aromatic rings. The van der Waals surface area contributed by atoms with E-state index in [1.54, 1.807) is 0 Å². The lowest BCUT2D eigenvalue weighted by Crippen LogP contribution is -2.29. The zero-order valence-electron chi connectivity index (χ0n) is 11.0. The molecule has 1 N–H and O–H groups in total.